The van der Waals surface area contributed by atoms with E-state index in [4.69, 9.17) is 9.47 Å². The number of rotatable bonds is 4. The fraction of sp³-hybridized carbons (Fsp3) is 0.407. The second-order valence-electron chi connectivity index (χ2n) is 9.88. The van der Waals surface area contributed by atoms with Crippen LogP contribution in [0.15, 0.2) is 42.1 Å². The minimum Gasteiger partial charge on any atom is -0.474 e. The van der Waals surface area contributed by atoms with Crippen molar-refractivity contribution in [2.24, 2.45) is 0 Å². The predicted molar refractivity (Wildman–Crippen MR) is 132 cm³/mol. The molecule has 1 aliphatic carbocycles. The van der Waals surface area contributed by atoms with Gasteiger partial charge in [0.2, 0.25) is 11.8 Å². The third-order valence-corrected chi connectivity index (χ3v) is 6.74. The molecule has 3 aromatic rings. The van der Waals surface area contributed by atoms with E-state index in [-0.39, 0.29) is 43.9 Å². The van der Waals surface area contributed by atoms with Crippen molar-refractivity contribution in [1.82, 2.24) is 20.1 Å². The molecule has 0 unspecified atom stereocenters. The van der Waals surface area contributed by atoms with Gasteiger partial charge in [-0.2, -0.15) is 18.3 Å². The molecule has 0 spiro atoms. The molecule has 0 radical (unpaired) electrons. The molecule has 2 aliphatic rings. The van der Waals surface area contributed by atoms with Gasteiger partial charge in [-0.15, -0.1) is 0 Å². The van der Waals surface area contributed by atoms with Crippen LogP contribution in [-0.2, 0) is 20.7 Å². The van der Waals surface area contributed by atoms with E-state index in [1.54, 1.807) is 24.3 Å². The zero-order valence-corrected chi connectivity index (χ0v) is 21.0. The number of nitrogens with zero attached hydrogens (tertiary/aromatic N) is 3. The van der Waals surface area contributed by atoms with Gasteiger partial charge in [0.1, 0.15) is 23.2 Å². The molecular formula is C27H26F4N4O4. The number of hydrogen-bond donors (Lipinski definition) is 1. The molecule has 1 aliphatic heterocycles. The van der Waals surface area contributed by atoms with E-state index < -0.39 is 42.8 Å². The highest BCUT2D eigenvalue weighted by atomic mass is 19.4. The van der Waals surface area contributed by atoms with Gasteiger partial charge in [0.25, 0.3) is 0 Å². The average Bonchev–Trinajstić information content (AvgIpc) is 3.34. The van der Waals surface area contributed by atoms with Crippen LogP contribution in [0.4, 0.5) is 17.6 Å². The molecule has 39 heavy (non-hydrogen) atoms. The molecule has 1 amide bonds. The summed E-state index contributed by atoms with van der Waals surface area (Å²) in [5.41, 5.74) is 2.45. The summed E-state index contributed by atoms with van der Waals surface area (Å²) in [4.78, 5) is 31.6. The van der Waals surface area contributed by atoms with Gasteiger partial charge >= 0.3 is 6.18 Å². The van der Waals surface area contributed by atoms with Gasteiger partial charge in [0.05, 0.1) is 24.4 Å². The van der Waals surface area contributed by atoms with Gasteiger partial charge in [0.15, 0.2) is 6.10 Å². The third kappa shape index (κ3) is 6.27. The first-order valence-corrected chi connectivity index (χ1v) is 12.5. The van der Waals surface area contributed by atoms with Crippen molar-refractivity contribution in [3.8, 4) is 5.88 Å². The van der Waals surface area contributed by atoms with E-state index in [0.717, 1.165) is 4.90 Å². The lowest BCUT2D eigenvalue weighted by Gasteiger charge is -2.37. The molecule has 2 aromatic heterocycles. The number of halogens is 4. The van der Waals surface area contributed by atoms with Crippen LogP contribution in [-0.4, -0.2) is 69.3 Å². The number of Topliss-reactive ketones (excluding diaryl/α,β-unsaturated/α-hetero) is 1. The Morgan fingerprint density at radius 1 is 1.21 bits per heavy atom. The molecule has 0 bridgehead atoms. The topological polar surface area (TPSA) is 97.4 Å². The number of fused-ring (bicyclic) bond motifs is 2. The SMILES string of the molecule is C[C@@H]1CN(C(=O)C/C2=C\c3cccc(F)c3C[C@@H](Oc3ccc4[nH]ncc4n3)CC(=O)C2)C[C@@H](C(F)(F)F)O1. The van der Waals surface area contributed by atoms with E-state index in [1.807, 2.05) is 0 Å². The Kier molecular flexibility index (Phi) is 7.39. The molecule has 3 atom stereocenters. The first-order valence-electron chi connectivity index (χ1n) is 12.5. The molecule has 8 nitrogen and oxygen atoms in total. The highest BCUT2D eigenvalue weighted by molar-refractivity contribution is 5.87. The second kappa shape index (κ2) is 10.8. The minimum absolute atomic E-state index is 0.00176. The summed E-state index contributed by atoms with van der Waals surface area (Å²) in [6, 6.07) is 7.85. The maximum absolute atomic E-state index is 15.0. The van der Waals surface area contributed by atoms with E-state index in [9.17, 15) is 27.2 Å². The summed E-state index contributed by atoms with van der Waals surface area (Å²) in [6.45, 7) is 0.851. The Balaban J connectivity index is 1.37. The van der Waals surface area contributed by atoms with Crippen molar-refractivity contribution >= 4 is 28.8 Å². The number of alkyl halides is 3. The number of hydrogen-bond acceptors (Lipinski definition) is 6. The lowest BCUT2D eigenvalue weighted by Crippen LogP contribution is -2.54. The number of morpholine rings is 1. The van der Waals surface area contributed by atoms with Crippen LogP contribution in [0.1, 0.15) is 37.3 Å². The van der Waals surface area contributed by atoms with Crippen LogP contribution in [0, 0.1) is 5.82 Å². The Hall–Kier alpha value is -3.80. The number of carbonyl (C=O) groups is 2. The first-order chi connectivity index (χ1) is 18.5. The van der Waals surface area contributed by atoms with E-state index >= 15 is 0 Å². The van der Waals surface area contributed by atoms with Gasteiger partial charge in [-0.05, 0) is 30.2 Å². The van der Waals surface area contributed by atoms with Crippen molar-refractivity contribution in [3.05, 3.63) is 59.0 Å². The zero-order chi connectivity index (χ0) is 27.7. The fourth-order valence-electron chi connectivity index (χ4n) is 4.96. The molecule has 1 N–H and O–H groups in total. The number of carbonyl (C=O) groups excluding carboxylic acids is 2. The number of ether oxygens (including phenoxy) is 2. The molecule has 0 saturated carbocycles. The fourth-order valence-corrected chi connectivity index (χ4v) is 4.96. The van der Waals surface area contributed by atoms with Crippen LogP contribution in [0.3, 0.4) is 0 Å². The second-order valence-corrected chi connectivity index (χ2v) is 9.88. The van der Waals surface area contributed by atoms with Crippen LogP contribution in [0.5, 0.6) is 5.88 Å². The van der Waals surface area contributed by atoms with Crippen molar-refractivity contribution in [2.45, 2.75) is 57.1 Å². The van der Waals surface area contributed by atoms with Gasteiger partial charge < -0.3 is 14.4 Å². The average molecular weight is 547 g/mol. The number of aromatic amines is 1. The molecule has 1 aromatic carbocycles. The quantitative estimate of drug-likeness (QED) is 0.488. The Labute approximate surface area is 221 Å². The zero-order valence-electron chi connectivity index (χ0n) is 21.0. The lowest BCUT2D eigenvalue weighted by atomic mass is 9.98. The van der Waals surface area contributed by atoms with Crippen molar-refractivity contribution in [1.29, 1.82) is 0 Å². The maximum atomic E-state index is 15.0. The molecule has 5 rings (SSSR count). The Bertz CT molecular complexity index is 1420. The number of amides is 1. The molecular weight excluding hydrogens is 520 g/mol. The van der Waals surface area contributed by atoms with Crippen molar-refractivity contribution in [2.75, 3.05) is 13.1 Å². The summed E-state index contributed by atoms with van der Waals surface area (Å²) in [6.07, 6.45) is -5.51. The van der Waals surface area contributed by atoms with Crippen LogP contribution in [0.2, 0.25) is 0 Å². The molecule has 1 saturated heterocycles. The van der Waals surface area contributed by atoms with Crippen molar-refractivity contribution in [3.63, 3.8) is 0 Å². The predicted octanol–water partition coefficient (Wildman–Crippen LogP) is 4.40. The summed E-state index contributed by atoms with van der Waals surface area (Å²) < 4.78 is 65.8. The van der Waals surface area contributed by atoms with Gasteiger partial charge in [-0.3, -0.25) is 14.7 Å². The molecule has 1 fully saturated rings. The van der Waals surface area contributed by atoms with Crippen LogP contribution < -0.4 is 4.74 Å². The highest BCUT2D eigenvalue weighted by Crippen LogP contribution is 2.30. The van der Waals surface area contributed by atoms with E-state index in [1.165, 1.54) is 25.3 Å². The molecule has 3 heterocycles. The van der Waals surface area contributed by atoms with Crippen molar-refractivity contribution < 1.29 is 36.6 Å². The first kappa shape index (κ1) is 26.8. The normalized spacial score (nSPS) is 23.8. The van der Waals surface area contributed by atoms with Gasteiger partial charge in [0, 0.05) is 38.3 Å². The third-order valence-electron chi connectivity index (χ3n) is 6.74. The summed E-state index contributed by atoms with van der Waals surface area (Å²) in [5, 5.41) is 6.71. The molecule has 12 heteroatoms. The largest absolute Gasteiger partial charge is 0.474 e. The number of ketones is 1. The Morgan fingerprint density at radius 3 is 2.82 bits per heavy atom. The van der Waals surface area contributed by atoms with Gasteiger partial charge in [-0.25, -0.2) is 9.37 Å². The van der Waals surface area contributed by atoms with Crippen LogP contribution >= 0.6 is 0 Å². The number of H-pyrrole nitrogens is 1. The monoisotopic (exact) mass is 546 g/mol. The summed E-state index contributed by atoms with van der Waals surface area (Å²) >= 11 is 0. The number of pyridine rings is 1. The standard InChI is InChI=1S/C27H26F4N4O4/c1-15-13-35(14-24(38-15)27(29,30)31)26(37)9-16-7-17-3-2-4-21(28)20(17)11-19(10-18(36)8-16)39-25-6-5-22-23(33-25)12-32-34-22/h2-7,12,15,19,24H,8-11,13-14H2,1H3,(H,32,34)/b16-7-/t15-,19+,24+/m1/s1. The minimum atomic E-state index is -4.61. The number of aromatic nitrogens is 3. The van der Waals surface area contributed by atoms with E-state index in [2.05, 4.69) is 15.2 Å². The van der Waals surface area contributed by atoms with E-state index in [0.29, 0.717) is 27.7 Å². The summed E-state index contributed by atoms with van der Waals surface area (Å²) in [7, 11) is 0. The van der Waals surface area contributed by atoms with Gasteiger partial charge in [-0.1, -0.05) is 23.8 Å². The summed E-state index contributed by atoms with van der Waals surface area (Å²) in [5.74, 6) is -1.05. The smallest absolute Gasteiger partial charge is 0.416 e. The molecule has 206 valence electrons. The lowest BCUT2D eigenvalue weighted by molar-refractivity contribution is -0.249. The van der Waals surface area contributed by atoms with Crippen LogP contribution in [0.25, 0.3) is 17.1 Å². The number of nitrogens with one attached hydrogen (secondary N) is 1. The number of benzene rings is 1. The Morgan fingerprint density at radius 2 is 2.03 bits per heavy atom. The highest BCUT2D eigenvalue weighted by Gasteiger charge is 2.46. The maximum Gasteiger partial charge on any atom is 0.416 e.